The molecule has 2 rings (SSSR count). The fourth-order valence-electron chi connectivity index (χ4n) is 2.04. The molecule has 0 saturated heterocycles. The van der Waals surface area contributed by atoms with Crippen molar-refractivity contribution in [2.45, 2.75) is 26.1 Å². The summed E-state index contributed by atoms with van der Waals surface area (Å²) in [4.78, 5) is 7.81. The lowest BCUT2D eigenvalue weighted by Crippen LogP contribution is -2.38. The Hall–Kier alpha value is -1.56. The van der Waals surface area contributed by atoms with Gasteiger partial charge in [-0.25, -0.2) is 9.98 Å². The first kappa shape index (κ1) is 22.5. The van der Waals surface area contributed by atoms with Gasteiger partial charge in [-0.05, 0) is 31.0 Å². The van der Waals surface area contributed by atoms with Crippen molar-refractivity contribution < 1.29 is 18.3 Å². The Morgan fingerprint density at radius 3 is 2.69 bits per heavy atom. The average molecular weight is 500 g/mol. The Balaban J connectivity index is 0.00000338. The normalized spacial score (nSPS) is 11.8. The van der Waals surface area contributed by atoms with Gasteiger partial charge in [0, 0.05) is 18.5 Å². The molecule has 0 unspecified atom stereocenters. The van der Waals surface area contributed by atoms with Gasteiger partial charge in [-0.2, -0.15) is 13.2 Å². The zero-order chi connectivity index (χ0) is 18.3. The third-order valence-electron chi connectivity index (χ3n) is 3.18. The summed E-state index contributed by atoms with van der Waals surface area (Å²) < 4.78 is 37.6. The zero-order valence-electron chi connectivity index (χ0n) is 14.0. The van der Waals surface area contributed by atoms with Crippen LogP contribution >= 0.6 is 35.3 Å². The van der Waals surface area contributed by atoms with Crippen LogP contribution in [0.2, 0.25) is 0 Å². The van der Waals surface area contributed by atoms with E-state index in [0.29, 0.717) is 30.5 Å². The summed E-state index contributed by atoms with van der Waals surface area (Å²) in [5, 5.41) is 16.9. The number of benzene rings is 1. The molecule has 5 nitrogen and oxygen atoms in total. The summed E-state index contributed by atoms with van der Waals surface area (Å²) in [7, 11) is 0. The van der Waals surface area contributed by atoms with E-state index >= 15 is 0 Å². The molecule has 1 aromatic carbocycles. The molecule has 2 aromatic rings. The lowest BCUT2D eigenvalue weighted by molar-refractivity contribution is -0.140. The van der Waals surface area contributed by atoms with Gasteiger partial charge in [0.25, 0.3) is 0 Å². The van der Waals surface area contributed by atoms with E-state index in [9.17, 15) is 18.3 Å². The fourth-order valence-corrected chi connectivity index (χ4v) is 2.76. The van der Waals surface area contributed by atoms with Crippen molar-refractivity contribution in [3.63, 3.8) is 0 Å². The Morgan fingerprint density at radius 1 is 1.31 bits per heavy atom. The maximum atomic E-state index is 12.5. The van der Waals surface area contributed by atoms with E-state index in [0.717, 1.165) is 22.3 Å². The number of aromatic nitrogens is 1. The van der Waals surface area contributed by atoms with Gasteiger partial charge in [-0.1, -0.05) is 12.1 Å². The Morgan fingerprint density at radius 2 is 2.08 bits per heavy atom. The van der Waals surface area contributed by atoms with Crippen molar-refractivity contribution in [2.24, 2.45) is 4.99 Å². The number of thiazole rings is 1. The topological polar surface area (TPSA) is 69.5 Å². The van der Waals surface area contributed by atoms with Crippen molar-refractivity contribution >= 4 is 41.3 Å². The summed E-state index contributed by atoms with van der Waals surface area (Å²) in [6.45, 7) is 3.17. The minimum absolute atomic E-state index is 0. The highest BCUT2D eigenvalue weighted by Crippen LogP contribution is 2.30. The number of nitrogens with one attached hydrogen (secondary N) is 2. The number of alkyl halides is 3. The van der Waals surface area contributed by atoms with Crippen LogP contribution in [0.15, 0.2) is 34.6 Å². The number of guanidine groups is 1. The van der Waals surface area contributed by atoms with E-state index in [1.54, 1.807) is 18.2 Å². The Bertz CT molecular complexity index is 722. The molecule has 144 valence electrons. The highest BCUT2D eigenvalue weighted by molar-refractivity contribution is 14.0. The quantitative estimate of drug-likeness (QED) is 0.321. The summed E-state index contributed by atoms with van der Waals surface area (Å²) in [5.74, 6) is 0.716. The van der Waals surface area contributed by atoms with Crippen molar-refractivity contribution in [3.05, 3.63) is 45.9 Å². The molecule has 26 heavy (non-hydrogen) atoms. The monoisotopic (exact) mass is 500 g/mol. The molecule has 0 aliphatic rings. The number of aliphatic imine (C=N–C) groups is 1. The minimum atomic E-state index is -4.43. The lowest BCUT2D eigenvalue weighted by atomic mass is 10.1. The largest absolute Gasteiger partial charge is 0.508 e. The van der Waals surface area contributed by atoms with Gasteiger partial charge in [-0.15, -0.1) is 35.3 Å². The van der Waals surface area contributed by atoms with Gasteiger partial charge in [0.2, 0.25) is 0 Å². The van der Waals surface area contributed by atoms with E-state index in [-0.39, 0.29) is 36.3 Å². The molecule has 0 amide bonds. The molecule has 0 radical (unpaired) electrons. The molecule has 0 bridgehead atoms. The van der Waals surface area contributed by atoms with Crippen molar-refractivity contribution in [2.75, 3.05) is 13.1 Å². The molecule has 1 aromatic heterocycles. The molecule has 0 aliphatic heterocycles. The van der Waals surface area contributed by atoms with Crippen LogP contribution in [0, 0.1) is 0 Å². The second-order valence-electron chi connectivity index (χ2n) is 5.17. The molecule has 3 N–H and O–H groups in total. The molecule has 0 aliphatic carbocycles. The van der Waals surface area contributed by atoms with E-state index in [2.05, 4.69) is 20.6 Å². The van der Waals surface area contributed by atoms with Gasteiger partial charge in [-0.3, -0.25) is 0 Å². The first-order valence-electron chi connectivity index (χ1n) is 7.70. The number of nitrogens with zero attached hydrogens (tertiary/aromatic N) is 2. The van der Waals surface area contributed by atoms with Crippen LogP contribution in [0.25, 0.3) is 0 Å². The first-order chi connectivity index (χ1) is 11.9. The summed E-state index contributed by atoms with van der Waals surface area (Å²) >= 11 is 0.937. The SMILES string of the molecule is CCNC(=NCc1nc(C(F)(F)F)cs1)NCCc1cccc(O)c1.I. The summed E-state index contributed by atoms with van der Waals surface area (Å²) in [5.41, 5.74) is 0.0858. The minimum Gasteiger partial charge on any atom is -0.508 e. The zero-order valence-corrected chi connectivity index (χ0v) is 17.2. The number of halogens is 4. The molecule has 0 saturated carbocycles. The van der Waals surface area contributed by atoms with Gasteiger partial charge >= 0.3 is 6.18 Å². The number of hydrogen-bond donors (Lipinski definition) is 3. The third kappa shape index (κ3) is 7.36. The molecule has 0 spiro atoms. The van der Waals surface area contributed by atoms with Gasteiger partial charge in [0.15, 0.2) is 11.7 Å². The van der Waals surface area contributed by atoms with E-state index in [1.165, 1.54) is 0 Å². The van der Waals surface area contributed by atoms with Crippen LogP contribution in [0.1, 0.15) is 23.2 Å². The highest BCUT2D eigenvalue weighted by Gasteiger charge is 2.33. The maximum absolute atomic E-state index is 12.5. The van der Waals surface area contributed by atoms with Gasteiger partial charge in [0.05, 0.1) is 6.54 Å². The average Bonchev–Trinajstić information content (AvgIpc) is 3.02. The fraction of sp³-hybridized carbons (Fsp3) is 0.375. The predicted octanol–water partition coefficient (Wildman–Crippen LogP) is 3.78. The lowest BCUT2D eigenvalue weighted by Gasteiger charge is -2.11. The molecule has 0 fully saturated rings. The van der Waals surface area contributed by atoms with Crippen LogP contribution in [0.4, 0.5) is 13.2 Å². The van der Waals surface area contributed by atoms with Crippen LogP contribution in [0.3, 0.4) is 0 Å². The standard InChI is InChI=1S/C16H19F3N4OS.HI/c1-2-20-15(21-7-6-11-4-3-5-12(24)8-11)22-9-14-23-13(10-25-14)16(17,18)19;/h3-5,8,10,24H,2,6-7,9H2,1H3,(H2,20,21,22);1H. The number of phenols is 1. The Kier molecular flexibility index (Phi) is 9.13. The predicted molar refractivity (Wildman–Crippen MR) is 107 cm³/mol. The van der Waals surface area contributed by atoms with E-state index in [1.807, 2.05) is 13.0 Å². The van der Waals surface area contributed by atoms with Crippen molar-refractivity contribution in [3.8, 4) is 5.75 Å². The van der Waals surface area contributed by atoms with Crippen LogP contribution in [-0.4, -0.2) is 29.1 Å². The van der Waals surface area contributed by atoms with Gasteiger partial charge < -0.3 is 15.7 Å². The van der Waals surface area contributed by atoms with Crippen molar-refractivity contribution in [1.82, 2.24) is 15.6 Å². The smallest absolute Gasteiger partial charge is 0.434 e. The third-order valence-corrected chi connectivity index (χ3v) is 4.01. The number of phenolic OH excluding ortho intramolecular Hbond substituents is 1. The van der Waals surface area contributed by atoms with E-state index < -0.39 is 11.9 Å². The summed E-state index contributed by atoms with van der Waals surface area (Å²) in [6.07, 6.45) is -3.75. The van der Waals surface area contributed by atoms with Crippen LogP contribution in [0.5, 0.6) is 5.75 Å². The Labute approximate surface area is 170 Å². The maximum Gasteiger partial charge on any atom is 0.434 e. The van der Waals surface area contributed by atoms with Gasteiger partial charge in [0.1, 0.15) is 10.8 Å². The number of aromatic hydroxyl groups is 1. The molecule has 0 atom stereocenters. The molecular weight excluding hydrogens is 480 g/mol. The van der Waals surface area contributed by atoms with E-state index in [4.69, 9.17) is 0 Å². The highest BCUT2D eigenvalue weighted by atomic mass is 127. The number of rotatable bonds is 6. The molecular formula is C16H20F3IN4OS. The van der Waals surface area contributed by atoms with Crippen LogP contribution in [-0.2, 0) is 19.1 Å². The second kappa shape index (κ2) is 10.6. The van der Waals surface area contributed by atoms with Crippen molar-refractivity contribution in [1.29, 1.82) is 0 Å². The summed E-state index contributed by atoms with van der Waals surface area (Å²) in [6, 6.07) is 6.95. The molecule has 1 heterocycles. The second-order valence-corrected chi connectivity index (χ2v) is 6.11. The number of hydrogen-bond acceptors (Lipinski definition) is 4. The molecule has 10 heteroatoms. The van der Waals surface area contributed by atoms with Crippen LogP contribution < -0.4 is 10.6 Å². The first-order valence-corrected chi connectivity index (χ1v) is 8.58.